The summed E-state index contributed by atoms with van der Waals surface area (Å²) in [6.07, 6.45) is 45.6. The summed E-state index contributed by atoms with van der Waals surface area (Å²) < 4.78 is 34.2. The molecule has 0 aromatic heterocycles. The van der Waals surface area contributed by atoms with E-state index < -0.39 is 38.6 Å². The van der Waals surface area contributed by atoms with Crippen LogP contribution in [-0.2, 0) is 32.7 Å². The van der Waals surface area contributed by atoms with Gasteiger partial charge in [-0.2, -0.15) is 0 Å². The Morgan fingerprint density at radius 2 is 1.19 bits per heavy atom. The predicted octanol–water partition coefficient (Wildman–Crippen LogP) is 12.0. The van der Waals surface area contributed by atoms with Crippen LogP contribution in [0.15, 0.2) is 72.9 Å². The lowest BCUT2D eigenvalue weighted by atomic mass is 10.1. The molecule has 0 amide bonds. The first-order valence-corrected chi connectivity index (χ1v) is 24.3. The van der Waals surface area contributed by atoms with E-state index in [1.165, 1.54) is 64.2 Å². The van der Waals surface area contributed by atoms with Gasteiger partial charge >= 0.3 is 19.8 Å². The van der Waals surface area contributed by atoms with Gasteiger partial charge in [0.05, 0.1) is 33.9 Å². The molecular formula is C48H85NO9P+. The summed E-state index contributed by atoms with van der Waals surface area (Å²) in [5, 5.41) is 10.0. The van der Waals surface area contributed by atoms with Crippen molar-refractivity contribution in [2.75, 3.05) is 47.5 Å². The first-order chi connectivity index (χ1) is 28.4. The number of likely N-dealkylation sites (N-methyl/N-ethyl adjacent to an activating group) is 1. The third-order valence-corrected chi connectivity index (χ3v) is 10.3. The lowest BCUT2D eigenvalue weighted by Crippen LogP contribution is -2.37. The maximum absolute atomic E-state index is 12.7. The number of esters is 2. The first-order valence-electron chi connectivity index (χ1n) is 22.8. The van der Waals surface area contributed by atoms with Crippen LogP contribution in [0.2, 0.25) is 0 Å². The van der Waals surface area contributed by atoms with Crippen LogP contribution in [-0.4, -0.2) is 86.1 Å². The second-order valence-electron chi connectivity index (χ2n) is 16.2. The van der Waals surface area contributed by atoms with Gasteiger partial charge < -0.3 is 24.0 Å². The number of carbonyl (C=O) groups is 2. The van der Waals surface area contributed by atoms with Gasteiger partial charge in [-0.1, -0.05) is 151 Å². The molecule has 10 nitrogen and oxygen atoms in total. The molecule has 0 heterocycles. The van der Waals surface area contributed by atoms with Crippen molar-refractivity contribution in [3.8, 4) is 0 Å². The molecule has 0 spiro atoms. The van der Waals surface area contributed by atoms with Gasteiger partial charge in [0.15, 0.2) is 6.10 Å². The highest BCUT2D eigenvalue weighted by Crippen LogP contribution is 2.43. The summed E-state index contributed by atoms with van der Waals surface area (Å²) in [6.45, 7) is 4.13. The summed E-state index contributed by atoms with van der Waals surface area (Å²) in [5.74, 6) is -0.916. The minimum Gasteiger partial charge on any atom is -0.462 e. The summed E-state index contributed by atoms with van der Waals surface area (Å²) in [6, 6.07) is 0. The highest BCUT2D eigenvalue weighted by atomic mass is 31.2. The molecule has 0 aliphatic heterocycles. The Morgan fingerprint density at radius 1 is 0.627 bits per heavy atom. The maximum atomic E-state index is 12.7. The molecular weight excluding hydrogens is 766 g/mol. The highest BCUT2D eigenvalue weighted by Gasteiger charge is 2.27. The van der Waals surface area contributed by atoms with Crippen molar-refractivity contribution in [2.24, 2.45) is 0 Å². The van der Waals surface area contributed by atoms with E-state index in [9.17, 15) is 24.2 Å². The van der Waals surface area contributed by atoms with Crippen LogP contribution >= 0.6 is 7.82 Å². The number of ether oxygens (including phenoxy) is 2. The van der Waals surface area contributed by atoms with Crippen LogP contribution in [0.4, 0.5) is 0 Å². The first kappa shape index (κ1) is 56.4. The Hall–Kier alpha value is -2.59. The normalized spacial score (nSPS) is 14.8. The molecule has 0 aromatic carbocycles. The number of allylic oxidation sites excluding steroid dienone is 10. The molecule has 2 N–H and O–H groups in total. The van der Waals surface area contributed by atoms with Gasteiger partial charge in [0.2, 0.25) is 0 Å². The second-order valence-corrected chi connectivity index (χ2v) is 17.7. The number of aliphatic hydroxyl groups is 1. The molecule has 0 rings (SSSR count). The number of hydrogen-bond acceptors (Lipinski definition) is 8. The lowest BCUT2D eigenvalue weighted by Gasteiger charge is -2.24. The number of phosphoric ester groups is 1. The Bertz CT molecular complexity index is 1250. The van der Waals surface area contributed by atoms with E-state index in [1.54, 1.807) is 6.08 Å². The third-order valence-electron chi connectivity index (χ3n) is 9.30. The van der Waals surface area contributed by atoms with Crippen LogP contribution in [0.5, 0.6) is 0 Å². The number of unbranched alkanes of at least 4 members (excludes halogenated alkanes) is 14. The zero-order valence-electron chi connectivity index (χ0n) is 37.8. The lowest BCUT2D eigenvalue weighted by molar-refractivity contribution is -0.870. The molecule has 0 aliphatic carbocycles. The molecule has 59 heavy (non-hydrogen) atoms. The number of phosphoric acid groups is 1. The fourth-order valence-corrected chi connectivity index (χ4v) is 6.46. The molecule has 0 bridgehead atoms. The van der Waals surface area contributed by atoms with Crippen molar-refractivity contribution in [3.05, 3.63) is 72.9 Å². The van der Waals surface area contributed by atoms with E-state index in [0.29, 0.717) is 36.7 Å². The smallest absolute Gasteiger partial charge is 0.462 e. The summed E-state index contributed by atoms with van der Waals surface area (Å²) in [5.41, 5.74) is 0. The zero-order valence-corrected chi connectivity index (χ0v) is 38.7. The number of hydrogen-bond donors (Lipinski definition) is 2. The Morgan fingerprint density at radius 3 is 1.85 bits per heavy atom. The van der Waals surface area contributed by atoms with Crippen LogP contribution in [0.1, 0.15) is 162 Å². The van der Waals surface area contributed by atoms with Crippen molar-refractivity contribution in [1.82, 2.24) is 0 Å². The van der Waals surface area contributed by atoms with Crippen molar-refractivity contribution in [2.45, 2.75) is 174 Å². The Labute approximate surface area is 360 Å². The summed E-state index contributed by atoms with van der Waals surface area (Å²) in [7, 11) is 1.39. The van der Waals surface area contributed by atoms with E-state index >= 15 is 0 Å². The van der Waals surface area contributed by atoms with Crippen molar-refractivity contribution in [3.63, 3.8) is 0 Å². The van der Waals surface area contributed by atoms with Gasteiger partial charge in [0, 0.05) is 12.8 Å². The predicted molar refractivity (Wildman–Crippen MR) is 244 cm³/mol. The van der Waals surface area contributed by atoms with Gasteiger partial charge in [0.1, 0.15) is 19.8 Å². The maximum Gasteiger partial charge on any atom is 0.472 e. The van der Waals surface area contributed by atoms with Crippen molar-refractivity contribution in [1.29, 1.82) is 0 Å². The minimum absolute atomic E-state index is 0.00595. The van der Waals surface area contributed by atoms with Gasteiger partial charge in [-0.25, -0.2) is 4.57 Å². The molecule has 3 unspecified atom stereocenters. The van der Waals surface area contributed by atoms with Crippen LogP contribution in [0.25, 0.3) is 0 Å². The van der Waals surface area contributed by atoms with E-state index in [1.807, 2.05) is 57.6 Å². The zero-order chi connectivity index (χ0) is 43.7. The average Bonchev–Trinajstić information content (AvgIpc) is 3.18. The number of rotatable bonds is 40. The number of nitrogens with zero attached hydrogens (tertiary/aromatic N) is 1. The monoisotopic (exact) mass is 851 g/mol. The van der Waals surface area contributed by atoms with E-state index in [-0.39, 0.29) is 26.1 Å². The summed E-state index contributed by atoms with van der Waals surface area (Å²) in [4.78, 5) is 35.4. The minimum atomic E-state index is -4.41. The number of quaternary nitrogens is 1. The molecule has 0 fully saturated rings. The molecule has 0 aromatic rings. The largest absolute Gasteiger partial charge is 0.472 e. The van der Waals surface area contributed by atoms with Gasteiger partial charge in [-0.15, -0.1) is 0 Å². The molecule has 3 atom stereocenters. The Balaban J connectivity index is 4.51. The van der Waals surface area contributed by atoms with Crippen molar-refractivity contribution < 1.29 is 47.2 Å². The quantitative estimate of drug-likeness (QED) is 0.0155. The molecule has 0 aliphatic rings. The van der Waals surface area contributed by atoms with E-state index in [0.717, 1.165) is 44.9 Å². The summed E-state index contributed by atoms with van der Waals surface area (Å²) >= 11 is 0. The van der Waals surface area contributed by atoms with Gasteiger partial charge in [0.25, 0.3) is 0 Å². The number of carbonyl (C=O) groups excluding carboxylic acids is 2. The van der Waals surface area contributed by atoms with Crippen LogP contribution < -0.4 is 0 Å². The standard InChI is InChI=1S/C48H84NO9P/c1-6-8-10-12-14-15-16-17-18-19-20-21-22-23-27-31-35-39-47(51)55-43-46(44-57-59(53,54)56-42-41-49(3,4)5)58-48(52)40-36-32-28-25-24-26-30-34-38-45(50)37-33-29-13-11-9-7-2/h9,11,17-18,25-26,28-30,33-34,38,45-46,50H,6-8,10,12-16,19-24,27,31-32,35-37,39-44H2,1-5H3/p+1/b11-9-,18-17-,28-25-,30-26-,33-29-,38-34+. The van der Waals surface area contributed by atoms with Crippen LogP contribution in [0.3, 0.4) is 0 Å². The molecule has 340 valence electrons. The molecule has 11 heteroatoms. The van der Waals surface area contributed by atoms with E-state index in [4.69, 9.17) is 18.5 Å². The number of aliphatic hydroxyl groups excluding tert-OH is 1. The Kier molecular flexibility index (Phi) is 37.8. The molecule has 0 radical (unpaired) electrons. The van der Waals surface area contributed by atoms with E-state index in [2.05, 4.69) is 44.2 Å². The second kappa shape index (κ2) is 39.5. The van der Waals surface area contributed by atoms with Crippen LogP contribution in [0, 0.1) is 0 Å². The van der Waals surface area contributed by atoms with Gasteiger partial charge in [-0.05, 0) is 70.6 Å². The molecule has 0 saturated carbocycles. The fourth-order valence-electron chi connectivity index (χ4n) is 5.72. The fraction of sp³-hybridized carbons (Fsp3) is 0.708. The van der Waals surface area contributed by atoms with Gasteiger partial charge in [-0.3, -0.25) is 18.6 Å². The average molecular weight is 851 g/mol. The SMILES string of the molecule is CC/C=C\C/C=C\CC(O)/C=C/C=C\C/C=C\CCCC(=O)OC(COC(=O)CCCCCCCCC/C=C\CCCCCCCC)COP(=O)(O)OCC[N+](C)(C)C. The van der Waals surface area contributed by atoms with Crippen molar-refractivity contribution >= 4 is 19.8 Å². The molecule has 0 saturated heterocycles. The topological polar surface area (TPSA) is 129 Å². The highest BCUT2D eigenvalue weighted by molar-refractivity contribution is 7.47. The third kappa shape index (κ3) is 43.3.